The highest BCUT2D eigenvalue weighted by Crippen LogP contribution is 2.50. The molecule has 3 aliphatic carbocycles. The van der Waals surface area contributed by atoms with Crippen molar-refractivity contribution in [1.82, 2.24) is 20.5 Å². The molecule has 5 nitrogen and oxygen atoms in total. The first kappa shape index (κ1) is 13.8. The fourth-order valence-corrected chi connectivity index (χ4v) is 3.69. The van der Waals surface area contributed by atoms with Crippen molar-refractivity contribution in [2.75, 3.05) is 6.26 Å². The van der Waals surface area contributed by atoms with Crippen LogP contribution in [0.15, 0.2) is 11.4 Å². The van der Waals surface area contributed by atoms with E-state index in [0.717, 1.165) is 30.9 Å². The third-order valence-electron chi connectivity index (χ3n) is 4.78. The molecule has 0 aliphatic heterocycles. The van der Waals surface area contributed by atoms with E-state index in [0.29, 0.717) is 11.7 Å². The van der Waals surface area contributed by atoms with Crippen LogP contribution in [0.3, 0.4) is 0 Å². The van der Waals surface area contributed by atoms with Crippen molar-refractivity contribution in [3.8, 4) is 0 Å². The fourth-order valence-electron chi connectivity index (χ4n) is 3.41. The molecule has 0 unspecified atom stereocenters. The number of hydrogen-bond donors (Lipinski definition) is 1. The van der Waals surface area contributed by atoms with Crippen LogP contribution in [-0.4, -0.2) is 27.3 Å². The lowest BCUT2D eigenvalue weighted by Crippen LogP contribution is -2.46. The number of nitrogens with one attached hydrogen (secondary N) is 1. The van der Waals surface area contributed by atoms with Crippen molar-refractivity contribution in [2.45, 2.75) is 50.2 Å². The van der Waals surface area contributed by atoms with E-state index in [4.69, 9.17) is 0 Å². The SMILES string of the molecule is CSc1ncc(CNC(=O)C23CCC(CC2)CC3)nn1. The zero-order valence-electron chi connectivity index (χ0n) is 11.8. The van der Waals surface area contributed by atoms with Gasteiger partial charge in [-0.3, -0.25) is 4.79 Å². The van der Waals surface area contributed by atoms with E-state index in [9.17, 15) is 4.79 Å². The van der Waals surface area contributed by atoms with Crippen LogP contribution < -0.4 is 5.32 Å². The highest BCUT2D eigenvalue weighted by molar-refractivity contribution is 7.98. The molecule has 0 saturated heterocycles. The van der Waals surface area contributed by atoms with Gasteiger partial charge in [-0.2, -0.15) is 0 Å². The summed E-state index contributed by atoms with van der Waals surface area (Å²) in [6, 6.07) is 0. The van der Waals surface area contributed by atoms with Gasteiger partial charge in [0, 0.05) is 5.41 Å². The molecule has 1 aromatic heterocycles. The van der Waals surface area contributed by atoms with Gasteiger partial charge in [-0.25, -0.2) is 4.98 Å². The summed E-state index contributed by atoms with van der Waals surface area (Å²) in [5.74, 6) is 1.07. The molecule has 108 valence electrons. The Labute approximate surface area is 123 Å². The number of thioether (sulfide) groups is 1. The third-order valence-corrected chi connectivity index (χ3v) is 5.33. The molecule has 4 rings (SSSR count). The van der Waals surface area contributed by atoms with Crippen LogP contribution in [0.25, 0.3) is 0 Å². The smallest absolute Gasteiger partial charge is 0.226 e. The summed E-state index contributed by atoms with van der Waals surface area (Å²) < 4.78 is 0. The molecule has 3 fully saturated rings. The van der Waals surface area contributed by atoms with Gasteiger partial charge in [0.1, 0.15) is 5.69 Å². The van der Waals surface area contributed by atoms with Gasteiger partial charge in [-0.05, 0) is 50.7 Å². The van der Waals surface area contributed by atoms with Crippen LogP contribution in [0.5, 0.6) is 0 Å². The monoisotopic (exact) mass is 292 g/mol. The highest BCUT2D eigenvalue weighted by Gasteiger charge is 2.45. The molecular weight excluding hydrogens is 272 g/mol. The maximum absolute atomic E-state index is 12.5. The summed E-state index contributed by atoms with van der Waals surface area (Å²) in [7, 11) is 0. The fraction of sp³-hybridized carbons (Fsp3) is 0.714. The minimum absolute atomic E-state index is 0.102. The number of aromatic nitrogens is 3. The zero-order valence-corrected chi connectivity index (χ0v) is 12.6. The Kier molecular flexibility index (Phi) is 3.92. The molecule has 3 saturated carbocycles. The third kappa shape index (κ3) is 2.66. The standard InChI is InChI=1S/C14H20N4OS/c1-20-13-16-9-11(17-18-13)8-15-12(19)14-5-2-10(3-6-14)4-7-14/h9-10H,2-8H2,1H3,(H,15,19). The van der Waals surface area contributed by atoms with E-state index in [-0.39, 0.29) is 11.3 Å². The van der Waals surface area contributed by atoms with Crippen molar-refractivity contribution in [3.63, 3.8) is 0 Å². The van der Waals surface area contributed by atoms with Gasteiger partial charge >= 0.3 is 0 Å². The second-order valence-corrected chi connectivity index (χ2v) is 6.65. The topological polar surface area (TPSA) is 67.8 Å². The Morgan fingerprint density at radius 1 is 1.35 bits per heavy atom. The Morgan fingerprint density at radius 3 is 2.60 bits per heavy atom. The lowest BCUT2D eigenvalue weighted by Gasteiger charge is -2.45. The maximum atomic E-state index is 12.5. The van der Waals surface area contributed by atoms with Crippen molar-refractivity contribution in [3.05, 3.63) is 11.9 Å². The summed E-state index contributed by atoms with van der Waals surface area (Å²) in [5, 5.41) is 11.8. The van der Waals surface area contributed by atoms with E-state index < -0.39 is 0 Å². The van der Waals surface area contributed by atoms with Crippen molar-refractivity contribution >= 4 is 17.7 Å². The Bertz CT molecular complexity index is 469. The van der Waals surface area contributed by atoms with Crippen LogP contribution in [0, 0.1) is 11.3 Å². The van der Waals surface area contributed by atoms with Gasteiger partial charge in [0.15, 0.2) is 0 Å². The van der Waals surface area contributed by atoms with Crippen molar-refractivity contribution < 1.29 is 4.79 Å². The normalized spacial score (nSPS) is 28.4. The number of carbonyl (C=O) groups is 1. The van der Waals surface area contributed by atoms with Gasteiger partial charge in [-0.1, -0.05) is 11.8 Å². The van der Waals surface area contributed by atoms with Crippen LogP contribution >= 0.6 is 11.8 Å². The average Bonchev–Trinajstić information content (AvgIpc) is 2.55. The van der Waals surface area contributed by atoms with Crippen LogP contribution in [0.1, 0.15) is 44.2 Å². The molecule has 1 amide bonds. The predicted molar refractivity (Wildman–Crippen MR) is 77.1 cm³/mol. The lowest BCUT2D eigenvalue weighted by molar-refractivity contribution is -0.137. The molecule has 0 aromatic carbocycles. The molecule has 3 aliphatic rings. The Balaban J connectivity index is 1.58. The molecule has 0 spiro atoms. The van der Waals surface area contributed by atoms with Gasteiger partial charge in [-0.15, -0.1) is 10.2 Å². The summed E-state index contributed by atoms with van der Waals surface area (Å²) >= 11 is 1.46. The number of fused-ring (bicyclic) bond motifs is 3. The van der Waals surface area contributed by atoms with Crippen molar-refractivity contribution in [2.24, 2.45) is 11.3 Å². The molecule has 6 heteroatoms. The van der Waals surface area contributed by atoms with Crippen LogP contribution in [0.2, 0.25) is 0 Å². The molecular formula is C14H20N4OS. The number of nitrogens with zero attached hydrogens (tertiary/aromatic N) is 3. The Hall–Kier alpha value is -1.17. The maximum Gasteiger partial charge on any atom is 0.226 e. The minimum atomic E-state index is -0.102. The van der Waals surface area contributed by atoms with Gasteiger partial charge in [0.25, 0.3) is 0 Å². The van der Waals surface area contributed by atoms with Crippen LogP contribution in [0.4, 0.5) is 0 Å². The predicted octanol–water partition coefficient (Wildman–Crippen LogP) is 2.18. The summed E-state index contributed by atoms with van der Waals surface area (Å²) in [4.78, 5) is 16.7. The number of carbonyl (C=O) groups excluding carboxylic acids is 1. The molecule has 20 heavy (non-hydrogen) atoms. The Morgan fingerprint density at radius 2 is 2.05 bits per heavy atom. The summed E-state index contributed by atoms with van der Waals surface area (Å²) in [5.41, 5.74) is 0.617. The van der Waals surface area contributed by atoms with E-state index in [1.54, 1.807) is 6.20 Å². The van der Waals surface area contributed by atoms with Gasteiger partial charge in [0.2, 0.25) is 11.1 Å². The van der Waals surface area contributed by atoms with Crippen LogP contribution in [-0.2, 0) is 11.3 Å². The quantitative estimate of drug-likeness (QED) is 0.862. The number of hydrogen-bond acceptors (Lipinski definition) is 5. The van der Waals surface area contributed by atoms with E-state index >= 15 is 0 Å². The second kappa shape index (κ2) is 5.68. The first-order valence-corrected chi connectivity index (χ1v) is 8.45. The number of rotatable bonds is 4. The molecule has 1 aromatic rings. The highest BCUT2D eigenvalue weighted by atomic mass is 32.2. The average molecular weight is 292 g/mol. The van der Waals surface area contributed by atoms with Gasteiger partial charge in [0.05, 0.1) is 12.7 Å². The summed E-state index contributed by atoms with van der Waals surface area (Å²) in [6.07, 6.45) is 10.4. The lowest BCUT2D eigenvalue weighted by atomic mass is 9.60. The van der Waals surface area contributed by atoms with Crippen molar-refractivity contribution in [1.29, 1.82) is 0 Å². The molecule has 1 N–H and O–H groups in total. The first-order valence-electron chi connectivity index (χ1n) is 7.23. The molecule has 0 radical (unpaired) electrons. The van der Waals surface area contributed by atoms with E-state index in [1.807, 2.05) is 6.26 Å². The molecule has 1 heterocycles. The van der Waals surface area contributed by atoms with E-state index in [2.05, 4.69) is 20.5 Å². The number of amides is 1. The zero-order chi connectivity index (χ0) is 14.0. The molecule has 0 atom stereocenters. The largest absolute Gasteiger partial charge is 0.350 e. The first-order chi connectivity index (χ1) is 9.72. The summed E-state index contributed by atoms with van der Waals surface area (Å²) in [6.45, 7) is 0.429. The minimum Gasteiger partial charge on any atom is -0.350 e. The van der Waals surface area contributed by atoms with Gasteiger partial charge < -0.3 is 5.32 Å². The molecule has 2 bridgehead atoms. The second-order valence-electron chi connectivity index (χ2n) is 5.88. The van der Waals surface area contributed by atoms with E-state index in [1.165, 1.54) is 31.0 Å².